The van der Waals surface area contributed by atoms with Crippen molar-refractivity contribution in [2.45, 2.75) is 117 Å². The van der Waals surface area contributed by atoms with Crippen molar-refractivity contribution in [1.29, 1.82) is 0 Å². The molecule has 0 saturated heterocycles. The van der Waals surface area contributed by atoms with E-state index in [2.05, 4.69) is 0 Å². The summed E-state index contributed by atoms with van der Waals surface area (Å²) < 4.78 is 26.9. The standard InChI is InChI=1S/C30H45NO10/c1-7-17(3)37-29(35)40-23-15-14-22(16-24(23)41-30(36)38-18(4)8-2)25(26(31)27(32)33)19(5)20(6)39-28(34)21-12-10-9-11-13-21/h14-21,25-26H,7-13,31H2,1-6H3,(H,32,33)/t17?,18?,19?,20?,25?,26-/m0/s1. The lowest BCUT2D eigenvalue weighted by molar-refractivity contribution is -0.157. The van der Waals surface area contributed by atoms with Crippen molar-refractivity contribution in [3.63, 3.8) is 0 Å². The van der Waals surface area contributed by atoms with Crippen LogP contribution >= 0.6 is 0 Å². The summed E-state index contributed by atoms with van der Waals surface area (Å²) in [6, 6.07) is 2.89. The number of benzene rings is 1. The number of hydrogen-bond donors (Lipinski definition) is 2. The van der Waals surface area contributed by atoms with E-state index in [4.69, 9.17) is 29.4 Å². The average molecular weight is 580 g/mol. The second-order valence-electron chi connectivity index (χ2n) is 10.8. The Morgan fingerprint density at radius 1 is 0.854 bits per heavy atom. The Kier molecular flexibility index (Phi) is 13.4. The molecule has 0 radical (unpaired) electrons. The van der Waals surface area contributed by atoms with Crippen LogP contribution in [0.25, 0.3) is 0 Å². The van der Waals surface area contributed by atoms with Crippen LogP contribution in [-0.4, -0.2) is 53.7 Å². The molecule has 6 atom stereocenters. The molecule has 1 saturated carbocycles. The Bertz CT molecular complexity index is 1040. The molecule has 230 valence electrons. The smallest absolute Gasteiger partial charge is 0.480 e. The molecule has 0 aliphatic heterocycles. The maximum Gasteiger partial charge on any atom is 0.514 e. The van der Waals surface area contributed by atoms with Crippen LogP contribution in [-0.2, 0) is 23.8 Å². The van der Waals surface area contributed by atoms with Gasteiger partial charge in [-0.2, -0.15) is 0 Å². The minimum Gasteiger partial charge on any atom is -0.480 e. The molecule has 1 aromatic carbocycles. The Morgan fingerprint density at radius 2 is 1.39 bits per heavy atom. The summed E-state index contributed by atoms with van der Waals surface area (Å²) >= 11 is 0. The van der Waals surface area contributed by atoms with Crippen LogP contribution in [0.5, 0.6) is 11.5 Å². The lowest BCUT2D eigenvalue weighted by Gasteiger charge is -2.33. The highest BCUT2D eigenvalue weighted by molar-refractivity contribution is 5.75. The van der Waals surface area contributed by atoms with Crippen molar-refractivity contribution in [2.24, 2.45) is 17.6 Å². The molecule has 5 unspecified atom stereocenters. The van der Waals surface area contributed by atoms with Crippen LogP contribution in [0.15, 0.2) is 18.2 Å². The first-order valence-corrected chi connectivity index (χ1v) is 14.5. The Morgan fingerprint density at radius 3 is 1.90 bits per heavy atom. The third-order valence-electron chi connectivity index (χ3n) is 7.70. The van der Waals surface area contributed by atoms with Gasteiger partial charge >= 0.3 is 24.2 Å². The van der Waals surface area contributed by atoms with Crippen molar-refractivity contribution in [3.8, 4) is 11.5 Å². The molecule has 1 aromatic rings. The lowest BCUT2D eigenvalue weighted by Crippen LogP contribution is -2.43. The van der Waals surface area contributed by atoms with Crippen LogP contribution in [0.2, 0.25) is 0 Å². The number of carbonyl (C=O) groups excluding carboxylic acids is 3. The molecule has 0 heterocycles. The molecule has 41 heavy (non-hydrogen) atoms. The predicted molar refractivity (Wildman–Crippen MR) is 150 cm³/mol. The fraction of sp³-hybridized carbons (Fsp3) is 0.667. The number of nitrogens with two attached hydrogens (primary N) is 1. The van der Waals surface area contributed by atoms with Gasteiger partial charge in [-0.05, 0) is 64.2 Å². The number of hydrogen-bond acceptors (Lipinski definition) is 10. The zero-order valence-corrected chi connectivity index (χ0v) is 24.9. The molecule has 1 aliphatic carbocycles. The maximum atomic E-state index is 12.8. The Balaban J connectivity index is 2.40. The van der Waals surface area contributed by atoms with E-state index in [1.54, 1.807) is 27.7 Å². The summed E-state index contributed by atoms with van der Waals surface area (Å²) in [6.07, 6.45) is 2.15. The molecule has 11 nitrogen and oxygen atoms in total. The van der Waals surface area contributed by atoms with Crippen molar-refractivity contribution < 1.29 is 48.0 Å². The van der Waals surface area contributed by atoms with Gasteiger partial charge in [0.25, 0.3) is 0 Å². The van der Waals surface area contributed by atoms with Gasteiger partial charge in [-0.3, -0.25) is 9.59 Å². The summed E-state index contributed by atoms with van der Waals surface area (Å²) in [4.78, 5) is 49.7. The number of aliphatic carboxylic acids is 1. The number of carboxylic acid groups (broad SMARTS) is 1. The molecular formula is C30H45NO10. The maximum absolute atomic E-state index is 12.8. The van der Waals surface area contributed by atoms with Crippen LogP contribution in [0, 0.1) is 11.8 Å². The van der Waals surface area contributed by atoms with Gasteiger partial charge in [0.1, 0.15) is 24.4 Å². The fourth-order valence-corrected chi connectivity index (χ4v) is 4.63. The molecule has 1 fully saturated rings. The normalized spacial score (nSPS) is 18.1. The molecule has 0 bridgehead atoms. The van der Waals surface area contributed by atoms with Gasteiger partial charge in [-0.15, -0.1) is 0 Å². The number of carbonyl (C=O) groups is 4. The molecule has 1 aliphatic rings. The summed E-state index contributed by atoms with van der Waals surface area (Å²) in [5, 5.41) is 9.83. The van der Waals surface area contributed by atoms with E-state index in [0.29, 0.717) is 18.4 Å². The Labute approximate surface area is 242 Å². The number of rotatable bonds is 13. The summed E-state index contributed by atoms with van der Waals surface area (Å²) in [5.74, 6) is -3.45. The van der Waals surface area contributed by atoms with Crippen molar-refractivity contribution in [3.05, 3.63) is 23.8 Å². The lowest BCUT2D eigenvalue weighted by atomic mass is 9.79. The third kappa shape index (κ3) is 10.2. The highest BCUT2D eigenvalue weighted by Crippen LogP contribution is 2.38. The van der Waals surface area contributed by atoms with E-state index in [1.807, 2.05) is 13.8 Å². The summed E-state index contributed by atoms with van der Waals surface area (Å²) in [7, 11) is 0. The highest BCUT2D eigenvalue weighted by atomic mass is 16.7. The minimum absolute atomic E-state index is 0.129. The van der Waals surface area contributed by atoms with Crippen LogP contribution in [0.3, 0.4) is 0 Å². The molecule has 11 heteroatoms. The zero-order chi connectivity index (χ0) is 30.7. The van der Waals surface area contributed by atoms with E-state index < -0.39 is 54.5 Å². The fourth-order valence-electron chi connectivity index (χ4n) is 4.63. The number of carboxylic acids is 1. The Hall–Kier alpha value is -3.34. The zero-order valence-electron chi connectivity index (χ0n) is 24.9. The van der Waals surface area contributed by atoms with Gasteiger partial charge in [0.15, 0.2) is 11.5 Å². The van der Waals surface area contributed by atoms with Gasteiger partial charge in [0.2, 0.25) is 0 Å². The molecule has 2 rings (SSSR count). The number of ether oxygens (including phenoxy) is 5. The first kappa shape index (κ1) is 33.9. The monoisotopic (exact) mass is 579 g/mol. The molecule has 0 amide bonds. The van der Waals surface area contributed by atoms with Crippen molar-refractivity contribution in [2.75, 3.05) is 0 Å². The van der Waals surface area contributed by atoms with Gasteiger partial charge in [0.05, 0.1) is 5.92 Å². The SMILES string of the molecule is CCC(C)OC(=O)Oc1ccc(C(C(C)C(C)OC(=O)C2CCCCC2)[C@H](N)C(=O)O)cc1OC(=O)OC(C)CC. The summed E-state index contributed by atoms with van der Waals surface area (Å²) in [5.41, 5.74) is 6.53. The quantitative estimate of drug-likeness (QED) is 0.161. The van der Waals surface area contributed by atoms with E-state index >= 15 is 0 Å². The first-order valence-electron chi connectivity index (χ1n) is 14.5. The average Bonchev–Trinajstić information content (AvgIpc) is 2.94. The second kappa shape index (κ2) is 16.2. The van der Waals surface area contributed by atoms with Crippen LogP contribution in [0.4, 0.5) is 9.59 Å². The van der Waals surface area contributed by atoms with E-state index in [1.165, 1.54) is 18.2 Å². The van der Waals surface area contributed by atoms with Crippen molar-refractivity contribution >= 4 is 24.2 Å². The van der Waals surface area contributed by atoms with Gasteiger partial charge in [0, 0.05) is 11.8 Å². The molecular weight excluding hydrogens is 534 g/mol. The topological polar surface area (TPSA) is 161 Å². The predicted octanol–water partition coefficient (Wildman–Crippen LogP) is 5.96. The van der Waals surface area contributed by atoms with Gasteiger partial charge in [-0.25, -0.2) is 9.59 Å². The largest absolute Gasteiger partial charge is 0.514 e. The molecule has 0 spiro atoms. The van der Waals surface area contributed by atoms with Crippen LogP contribution < -0.4 is 15.2 Å². The second-order valence-corrected chi connectivity index (χ2v) is 10.8. The summed E-state index contributed by atoms with van der Waals surface area (Å²) in [6.45, 7) is 10.5. The van der Waals surface area contributed by atoms with E-state index in [9.17, 15) is 24.3 Å². The minimum atomic E-state index is -1.39. The van der Waals surface area contributed by atoms with E-state index in [-0.39, 0.29) is 23.4 Å². The highest BCUT2D eigenvalue weighted by Gasteiger charge is 2.37. The van der Waals surface area contributed by atoms with E-state index in [0.717, 1.165) is 32.1 Å². The third-order valence-corrected chi connectivity index (χ3v) is 7.70. The van der Waals surface area contributed by atoms with Gasteiger partial charge < -0.3 is 34.5 Å². The van der Waals surface area contributed by atoms with Crippen LogP contribution in [0.1, 0.15) is 98.0 Å². The number of esters is 1. The molecule has 3 N–H and O–H groups in total. The van der Waals surface area contributed by atoms with Crippen molar-refractivity contribution in [1.82, 2.24) is 0 Å². The molecule has 0 aromatic heterocycles. The van der Waals surface area contributed by atoms with Gasteiger partial charge in [-0.1, -0.05) is 46.1 Å². The first-order chi connectivity index (χ1) is 19.4.